The molecule has 31 heavy (non-hydrogen) atoms. The number of halogens is 18. The Morgan fingerprint density at radius 1 is 0.581 bits per heavy atom. The van der Waals surface area contributed by atoms with Crippen molar-refractivity contribution in [2.45, 2.75) is 52.5 Å². The van der Waals surface area contributed by atoms with Gasteiger partial charge in [0.1, 0.15) is 0 Å². The molecule has 0 aliphatic carbocycles. The number of methoxy groups -OCH3 is 1. The van der Waals surface area contributed by atoms with Crippen LogP contribution in [0.2, 0.25) is 0 Å². The van der Waals surface area contributed by atoms with Crippen LogP contribution in [-0.2, 0) is 9.53 Å². The Labute approximate surface area is 166 Å². The van der Waals surface area contributed by atoms with E-state index in [1.54, 1.807) is 0 Å². The number of hydrogen-bond acceptors (Lipinski definition) is 2. The van der Waals surface area contributed by atoms with Crippen molar-refractivity contribution >= 4 is 21.9 Å². The third kappa shape index (κ3) is 3.79. The van der Waals surface area contributed by atoms with Gasteiger partial charge in [0.05, 0.1) is 7.11 Å². The summed E-state index contributed by atoms with van der Waals surface area (Å²) in [5, 5.41) is 0. The van der Waals surface area contributed by atoms with Crippen LogP contribution in [0.25, 0.3) is 0 Å². The molecule has 0 spiro atoms. The van der Waals surface area contributed by atoms with Gasteiger partial charge in [-0.15, -0.1) is 0 Å². The smallest absolute Gasteiger partial charge is 0.460 e. The van der Waals surface area contributed by atoms with Crippen LogP contribution in [0.15, 0.2) is 0 Å². The Bertz CT molecular complexity index is 682. The predicted molar refractivity (Wildman–Crippen MR) is 65.4 cm³/mol. The maximum atomic E-state index is 13.5. The number of hydrogen-bond donors (Lipinski definition) is 0. The van der Waals surface area contributed by atoms with Crippen molar-refractivity contribution in [1.82, 2.24) is 0 Å². The van der Waals surface area contributed by atoms with Crippen molar-refractivity contribution in [3.05, 3.63) is 0 Å². The van der Waals surface area contributed by atoms with Gasteiger partial charge in [0.2, 0.25) is 0 Å². The molecule has 0 amide bonds. The molecule has 1 atom stereocenters. The van der Waals surface area contributed by atoms with Crippen LogP contribution in [0.1, 0.15) is 0 Å². The van der Waals surface area contributed by atoms with E-state index in [4.69, 9.17) is 0 Å². The lowest BCUT2D eigenvalue weighted by atomic mass is 9.88. The lowest BCUT2D eigenvalue weighted by Crippen LogP contribution is -2.75. The zero-order valence-electron chi connectivity index (χ0n) is 13.7. The molecule has 20 heteroatoms. The van der Waals surface area contributed by atoms with E-state index in [1.807, 2.05) is 0 Å². The maximum Gasteiger partial charge on any atom is 0.460 e. The Morgan fingerprint density at radius 3 is 1.10 bits per heavy atom. The minimum Gasteiger partial charge on any atom is -0.468 e. The average molecular weight is 571 g/mol. The van der Waals surface area contributed by atoms with Gasteiger partial charge in [-0.2, -0.15) is 74.6 Å². The fourth-order valence-electron chi connectivity index (χ4n) is 1.59. The molecule has 0 aromatic heterocycles. The summed E-state index contributed by atoms with van der Waals surface area (Å²) in [5.41, 5.74) is 0. The molecular weight excluding hydrogens is 567 g/mol. The zero-order valence-corrected chi connectivity index (χ0v) is 15.3. The van der Waals surface area contributed by atoms with Gasteiger partial charge in [0.15, 0.2) is 4.83 Å². The minimum atomic E-state index is -8.71. The second kappa shape index (κ2) is 7.67. The zero-order chi connectivity index (χ0) is 25.9. The summed E-state index contributed by atoms with van der Waals surface area (Å²) < 4.78 is 224. The molecule has 0 bridgehead atoms. The summed E-state index contributed by atoms with van der Waals surface area (Å²) in [6.45, 7) is 0. The van der Waals surface area contributed by atoms with Gasteiger partial charge < -0.3 is 4.74 Å². The minimum absolute atomic E-state index is 0.144. The highest BCUT2D eigenvalue weighted by atomic mass is 79.9. The third-order valence-electron chi connectivity index (χ3n) is 3.47. The van der Waals surface area contributed by atoms with E-state index in [0.29, 0.717) is 0 Å². The Kier molecular flexibility index (Phi) is 7.36. The summed E-state index contributed by atoms with van der Waals surface area (Å²) in [6, 6.07) is 0. The van der Waals surface area contributed by atoms with E-state index in [0.717, 1.165) is 0 Å². The van der Waals surface area contributed by atoms with Gasteiger partial charge in [-0.3, -0.25) is 4.79 Å². The van der Waals surface area contributed by atoms with Gasteiger partial charge >= 0.3 is 53.6 Å². The van der Waals surface area contributed by atoms with Crippen molar-refractivity contribution < 1.29 is 84.2 Å². The lowest BCUT2D eigenvalue weighted by molar-refractivity contribution is -0.461. The van der Waals surface area contributed by atoms with Crippen molar-refractivity contribution in [1.29, 1.82) is 0 Å². The molecule has 1 unspecified atom stereocenters. The molecule has 2 nitrogen and oxygen atoms in total. The van der Waals surface area contributed by atoms with Crippen molar-refractivity contribution in [2.24, 2.45) is 0 Å². The average Bonchev–Trinajstić information content (AvgIpc) is 2.57. The SMILES string of the molecule is COC(=O)C(Br)C(F)(F)C(F)(F)C(F)(F)C(F)(F)C(F)(F)C(F)(F)C(F)(F)C(F)(F)F. The number of esters is 1. The second-order valence-electron chi connectivity index (χ2n) is 5.45. The molecule has 0 rings (SSSR count). The van der Waals surface area contributed by atoms with E-state index in [1.165, 1.54) is 15.9 Å². The number of alkyl halides is 18. The first kappa shape index (κ1) is 29.8. The molecule has 0 fully saturated rings. The first-order valence-electron chi connectivity index (χ1n) is 6.57. The quantitative estimate of drug-likeness (QED) is 0.205. The third-order valence-corrected chi connectivity index (χ3v) is 4.42. The topological polar surface area (TPSA) is 26.3 Å². The van der Waals surface area contributed by atoms with Crippen LogP contribution in [-0.4, -0.2) is 65.5 Å². The Hall–Kier alpha value is -1.24. The molecule has 0 aromatic carbocycles. The molecule has 186 valence electrons. The molecule has 0 saturated heterocycles. The number of carbonyl (C=O) groups excluding carboxylic acids is 1. The normalized spacial score (nSPS) is 16.9. The first-order chi connectivity index (χ1) is 13.1. The summed E-state index contributed by atoms with van der Waals surface area (Å²) in [5.74, 6) is -60.1. The first-order valence-corrected chi connectivity index (χ1v) is 7.49. The lowest BCUT2D eigenvalue weighted by Gasteiger charge is -2.43. The van der Waals surface area contributed by atoms with Crippen LogP contribution in [0.3, 0.4) is 0 Å². The van der Waals surface area contributed by atoms with Crippen LogP contribution in [0.4, 0.5) is 74.6 Å². The second-order valence-corrected chi connectivity index (χ2v) is 6.37. The molecular formula is C11H4BrF17O2. The molecule has 0 aromatic rings. The standard InChI is InChI=1S/C11H4BrF17O2/c1-31-3(30)2(12)4(13,14)5(15,16)6(17,18)7(19,20)8(21,22)9(23,24)10(25,26)11(27,28)29/h2H,1H3. The highest BCUT2D eigenvalue weighted by molar-refractivity contribution is 9.10. The molecule has 0 heterocycles. The highest BCUT2D eigenvalue weighted by Crippen LogP contribution is 2.64. The van der Waals surface area contributed by atoms with E-state index in [-0.39, 0.29) is 7.11 Å². The van der Waals surface area contributed by atoms with Gasteiger partial charge in [-0.05, 0) is 0 Å². The van der Waals surface area contributed by atoms with Gasteiger partial charge in [0.25, 0.3) is 0 Å². The highest BCUT2D eigenvalue weighted by Gasteiger charge is 2.95. The predicted octanol–water partition coefficient (Wildman–Crippen LogP) is 5.93. The van der Waals surface area contributed by atoms with E-state index in [9.17, 15) is 79.4 Å². The molecule has 0 aliphatic heterocycles. The molecule has 0 aliphatic rings. The maximum absolute atomic E-state index is 13.5. The monoisotopic (exact) mass is 570 g/mol. The Morgan fingerprint density at radius 2 is 0.839 bits per heavy atom. The van der Waals surface area contributed by atoms with Crippen molar-refractivity contribution in [2.75, 3.05) is 7.11 Å². The Balaban J connectivity index is 6.80. The van der Waals surface area contributed by atoms with Crippen LogP contribution >= 0.6 is 15.9 Å². The van der Waals surface area contributed by atoms with E-state index < -0.39 is 58.4 Å². The fourth-order valence-corrected chi connectivity index (χ4v) is 2.06. The van der Waals surface area contributed by atoms with Crippen molar-refractivity contribution in [3.63, 3.8) is 0 Å². The molecule has 0 saturated carbocycles. The van der Waals surface area contributed by atoms with Gasteiger partial charge in [-0.25, -0.2) is 0 Å². The summed E-state index contributed by atoms with van der Waals surface area (Å²) in [6.07, 6.45) is -7.82. The summed E-state index contributed by atoms with van der Waals surface area (Å²) >= 11 is 1.28. The van der Waals surface area contributed by atoms with Gasteiger partial charge in [-0.1, -0.05) is 15.9 Å². The number of ether oxygens (including phenoxy) is 1. The van der Waals surface area contributed by atoms with Crippen LogP contribution in [0.5, 0.6) is 0 Å². The van der Waals surface area contributed by atoms with E-state index in [2.05, 4.69) is 4.74 Å². The van der Waals surface area contributed by atoms with Crippen LogP contribution in [0, 0.1) is 0 Å². The number of carbonyl (C=O) groups is 1. The van der Waals surface area contributed by atoms with E-state index >= 15 is 0 Å². The summed E-state index contributed by atoms with van der Waals surface area (Å²) in [7, 11) is 0.144. The largest absolute Gasteiger partial charge is 0.468 e. The fraction of sp³-hybridized carbons (Fsp3) is 0.909. The summed E-state index contributed by atoms with van der Waals surface area (Å²) in [4.78, 5) is 6.74. The number of rotatable bonds is 8. The van der Waals surface area contributed by atoms with Crippen molar-refractivity contribution in [3.8, 4) is 0 Å². The van der Waals surface area contributed by atoms with Gasteiger partial charge in [0, 0.05) is 0 Å². The van der Waals surface area contributed by atoms with Crippen LogP contribution < -0.4 is 0 Å². The molecule has 0 radical (unpaired) electrons. The molecule has 0 N–H and O–H groups in total.